The van der Waals surface area contributed by atoms with Gasteiger partial charge in [-0.1, -0.05) is 33.8 Å². The number of carbonyl (C=O) groups is 1. The Balaban J connectivity index is 2.28. The molecule has 1 heterocycles. The van der Waals surface area contributed by atoms with Crippen LogP contribution in [0.2, 0.25) is 0 Å². The Kier molecular flexibility index (Phi) is 2.77. The van der Waals surface area contributed by atoms with E-state index in [0.29, 0.717) is 5.69 Å². The first-order valence-electron chi connectivity index (χ1n) is 6.18. The first-order valence-corrected chi connectivity index (χ1v) is 6.18. The van der Waals surface area contributed by atoms with Gasteiger partial charge in [0.15, 0.2) is 5.78 Å². The molecule has 1 aromatic rings. The normalized spacial score (nSPS) is 21.9. The van der Waals surface area contributed by atoms with Crippen LogP contribution >= 0.6 is 0 Å². The third-order valence-electron chi connectivity index (χ3n) is 4.70. The van der Waals surface area contributed by atoms with Gasteiger partial charge in [0, 0.05) is 12.1 Å². The zero-order chi connectivity index (χ0) is 13.6. The first-order chi connectivity index (χ1) is 8.34. The van der Waals surface area contributed by atoms with Crippen LogP contribution in [0.1, 0.15) is 39.3 Å². The van der Waals surface area contributed by atoms with Crippen molar-refractivity contribution in [2.24, 2.45) is 16.7 Å². The number of ketones is 1. The van der Waals surface area contributed by atoms with Gasteiger partial charge in [-0.25, -0.2) is 0 Å². The smallest absolute Gasteiger partial charge is 0.160 e. The molecule has 1 aromatic heterocycles. The van der Waals surface area contributed by atoms with Crippen LogP contribution in [-0.2, 0) is 4.79 Å². The third kappa shape index (κ3) is 1.64. The zero-order valence-corrected chi connectivity index (χ0v) is 11.3. The van der Waals surface area contributed by atoms with Crippen molar-refractivity contribution >= 4 is 5.78 Å². The molecule has 1 fully saturated rings. The summed E-state index contributed by atoms with van der Waals surface area (Å²) in [4.78, 5) is 16.6. The van der Waals surface area contributed by atoms with Crippen LogP contribution in [0.3, 0.4) is 0 Å². The number of hydrogen-bond acceptors (Lipinski definition) is 3. The molecule has 0 bridgehead atoms. The van der Waals surface area contributed by atoms with Gasteiger partial charge in [-0.15, -0.1) is 0 Å². The average molecular weight is 242 g/mol. The van der Waals surface area contributed by atoms with E-state index in [4.69, 9.17) is 0 Å². The van der Waals surface area contributed by atoms with Gasteiger partial charge in [-0.2, -0.15) is 5.26 Å². The standard InChI is InChI=1S/C15H18N2O/c1-14(2)13(15(14,3)4)12(18)10(9-16)11-7-5-6-8-17-11/h5-8,10,13H,1-4H3. The molecule has 1 unspecified atom stereocenters. The summed E-state index contributed by atoms with van der Waals surface area (Å²) < 4.78 is 0. The van der Waals surface area contributed by atoms with E-state index in [9.17, 15) is 10.1 Å². The van der Waals surface area contributed by atoms with E-state index in [1.165, 1.54) is 0 Å². The molecule has 1 atom stereocenters. The van der Waals surface area contributed by atoms with Crippen LogP contribution in [0.5, 0.6) is 0 Å². The molecule has 18 heavy (non-hydrogen) atoms. The Hall–Kier alpha value is -1.69. The molecule has 3 nitrogen and oxygen atoms in total. The maximum absolute atomic E-state index is 12.5. The van der Waals surface area contributed by atoms with E-state index < -0.39 is 5.92 Å². The minimum atomic E-state index is -0.739. The van der Waals surface area contributed by atoms with E-state index in [1.54, 1.807) is 18.3 Å². The topological polar surface area (TPSA) is 53.8 Å². The van der Waals surface area contributed by atoms with Gasteiger partial charge in [0.2, 0.25) is 0 Å². The Bertz CT molecular complexity index is 497. The van der Waals surface area contributed by atoms with Crippen molar-refractivity contribution in [2.75, 3.05) is 0 Å². The van der Waals surface area contributed by atoms with Gasteiger partial charge in [-0.3, -0.25) is 9.78 Å². The van der Waals surface area contributed by atoms with Crippen molar-refractivity contribution in [3.8, 4) is 6.07 Å². The van der Waals surface area contributed by atoms with E-state index in [1.807, 2.05) is 6.07 Å². The summed E-state index contributed by atoms with van der Waals surface area (Å²) in [6, 6.07) is 7.44. The van der Waals surface area contributed by atoms with E-state index in [2.05, 4.69) is 38.7 Å². The molecule has 3 heteroatoms. The zero-order valence-electron chi connectivity index (χ0n) is 11.3. The predicted molar refractivity (Wildman–Crippen MR) is 68.7 cm³/mol. The molecule has 0 aliphatic heterocycles. The lowest BCUT2D eigenvalue weighted by atomic mass is 9.94. The maximum Gasteiger partial charge on any atom is 0.160 e. The number of rotatable bonds is 3. The molecule has 1 aliphatic carbocycles. The van der Waals surface area contributed by atoms with Crippen molar-refractivity contribution in [3.63, 3.8) is 0 Å². The van der Waals surface area contributed by atoms with Crippen molar-refractivity contribution < 1.29 is 4.79 Å². The summed E-state index contributed by atoms with van der Waals surface area (Å²) in [6.07, 6.45) is 1.62. The average Bonchev–Trinajstić information content (AvgIpc) is 2.71. The van der Waals surface area contributed by atoms with Crippen LogP contribution in [0.15, 0.2) is 24.4 Å². The second-order valence-electron chi connectivity index (χ2n) is 6.10. The quantitative estimate of drug-likeness (QED) is 0.818. The largest absolute Gasteiger partial charge is 0.297 e. The summed E-state index contributed by atoms with van der Waals surface area (Å²) in [5.74, 6) is -0.792. The molecule has 94 valence electrons. The van der Waals surface area contributed by atoms with Gasteiger partial charge >= 0.3 is 0 Å². The number of Topliss-reactive ketones (excluding diaryl/α,β-unsaturated/α-hetero) is 1. The summed E-state index contributed by atoms with van der Waals surface area (Å²) >= 11 is 0. The second kappa shape index (κ2) is 3.91. The number of aromatic nitrogens is 1. The van der Waals surface area contributed by atoms with Gasteiger partial charge < -0.3 is 0 Å². The highest BCUT2D eigenvalue weighted by atomic mass is 16.1. The van der Waals surface area contributed by atoms with Gasteiger partial charge in [0.05, 0.1) is 11.8 Å². The Morgan fingerprint density at radius 1 is 1.33 bits per heavy atom. The summed E-state index contributed by atoms with van der Waals surface area (Å²) in [5.41, 5.74) is 0.491. The summed E-state index contributed by atoms with van der Waals surface area (Å²) in [5, 5.41) is 9.26. The van der Waals surface area contributed by atoms with Crippen molar-refractivity contribution in [1.29, 1.82) is 5.26 Å². The van der Waals surface area contributed by atoms with Crippen LogP contribution in [0.4, 0.5) is 0 Å². The monoisotopic (exact) mass is 242 g/mol. The van der Waals surface area contributed by atoms with Crippen molar-refractivity contribution in [3.05, 3.63) is 30.1 Å². The van der Waals surface area contributed by atoms with Crippen LogP contribution < -0.4 is 0 Å². The molecule has 0 radical (unpaired) electrons. The lowest BCUT2D eigenvalue weighted by Gasteiger charge is -2.08. The van der Waals surface area contributed by atoms with Crippen LogP contribution in [0, 0.1) is 28.1 Å². The third-order valence-corrected chi connectivity index (χ3v) is 4.70. The fraction of sp³-hybridized carbons (Fsp3) is 0.533. The number of nitriles is 1. The van der Waals surface area contributed by atoms with Gasteiger partial charge in [-0.05, 0) is 23.0 Å². The van der Waals surface area contributed by atoms with E-state index in [0.717, 1.165) is 0 Å². The lowest BCUT2D eigenvalue weighted by molar-refractivity contribution is -0.121. The summed E-state index contributed by atoms with van der Waals surface area (Å²) in [7, 11) is 0. The number of pyridine rings is 1. The van der Waals surface area contributed by atoms with Crippen LogP contribution in [-0.4, -0.2) is 10.8 Å². The van der Waals surface area contributed by atoms with Gasteiger partial charge in [0.1, 0.15) is 5.92 Å². The minimum absolute atomic E-state index is 0.00574. The Morgan fingerprint density at radius 3 is 2.33 bits per heavy atom. The highest BCUT2D eigenvalue weighted by Crippen LogP contribution is 2.69. The Morgan fingerprint density at radius 2 is 1.94 bits per heavy atom. The van der Waals surface area contributed by atoms with Gasteiger partial charge in [0.25, 0.3) is 0 Å². The molecule has 0 aromatic carbocycles. The molecular weight excluding hydrogens is 224 g/mol. The molecule has 1 saturated carbocycles. The number of nitrogens with zero attached hydrogens (tertiary/aromatic N) is 2. The fourth-order valence-corrected chi connectivity index (χ4v) is 2.90. The first kappa shape index (κ1) is 12.8. The molecule has 0 amide bonds. The maximum atomic E-state index is 12.5. The highest BCUT2D eigenvalue weighted by Gasteiger charge is 2.68. The molecule has 0 saturated heterocycles. The lowest BCUT2D eigenvalue weighted by Crippen LogP contribution is -2.17. The fourth-order valence-electron chi connectivity index (χ4n) is 2.90. The minimum Gasteiger partial charge on any atom is -0.297 e. The highest BCUT2D eigenvalue weighted by molar-refractivity contribution is 5.93. The van der Waals surface area contributed by atoms with Crippen LogP contribution in [0.25, 0.3) is 0 Å². The van der Waals surface area contributed by atoms with Crippen molar-refractivity contribution in [2.45, 2.75) is 33.6 Å². The summed E-state index contributed by atoms with van der Waals surface area (Å²) in [6.45, 7) is 8.34. The molecule has 1 aliphatic rings. The van der Waals surface area contributed by atoms with E-state index >= 15 is 0 Å². The molecule has 2 rings (SSSR count). The SMILES string of the molecule is CC1(C)C(C(=O)C(C#N)c2ccccn2)C1(C)C. The molecule has 0 N–H and O–H groups in total. The Labute approximate surface area is 108 Å². The molecule has 0 spiro atoms. The second-order valence-corrected chi connectivity index (χ2v) is 6.10. The molecular formula is C15H18N2O. The van der Waals surface area contributed by atoms with Crippen molar-refractivity contribution in [1.82, 2.24) is 4.98 Å². The van der Waals surface area contributed by atoms with E-state index in [-0.39, 0.29) is 22.5 Å². The number of hydrogen-bond donors (Lipinski definition) is 0. The number of carbonyl (C=O) groups excluding carboxylic acids is 1. The predicted octanol–water partition coefficient (Wildman–Crippen LogP) is 2.94.